The fraction of sp³-hybridized carbons (Fsp3) is 0.545. The molecule has 0 radical (unpaired) electrons. The third-order valence-electron chi connectivity index (χ3n) is 4.95. The quantitative estimate of drug-likeness (QED) is 0.458. The van der Waals surface area contributed by atoms with Crippen molar-refractivity contribution in [2.24, 2.45) is 7.05 Å². The molecule has 0 aliphatic heterocycles. The van der Waals surface area contributed by atoms with Crippen molar-refractivity contribution in [3.05, 3.63) is 50.7 Å². The number of ether oxygens (including phenoxy) is 2. The van der Waals surface area contributed by atoms with E-state index in [1.807, 2.05) is 12.1 Å². The van der Waals surface area contributed by atoms with Crippen molar-refractivity contribution in [3.8, 4) is 11.6 Å². The summed E-state index contributed by atoms with van der Waals surface area (Å²) in [5, 5.41) is 12.9. The normalized spacial score (nSPS) is 11.9. The molecule has 1 aromatic heterocycles. The van der Waals surface area contributed by atoms with Crippen LogP contribution >= 0.6 is 0 Å². The van der Waals surface area contributed by atoms with Gasteiger partial charge in [0.15, 0.2) is 5.60 Å². The van der Waals surface area contributed by atoms with Crippen molar-refractivity contribution in [3.63, 3.8) is 0 Å². The van der Waals surface area contributed by atoms with E-state index in [1.54, 1.807) is 12.1 Å². The molecule has 0 unspecified atom stereocenters. The van der Waals surface area contributed by atoms with Crippen LogP contribution < -0.4 is 20.7 Å². The monoisotopic (exact) mass is 487 g/mol. The van der Waals surface area contributed by atoms with Crippen LogP contribution in [0.15, 0.2) is 33.9 Å². The summed E-state index contributed by atoms with van der Waals surface area (Å²) >= 11 is 0. The van der Waals surface area contributed by atoms with E-state index < -0.39 is 35.4 Å². The van der Waals surface area contributed by atoms with Gasteiger partial charge in [-0.1, -0.05) is 12.1 Å². The van der Waals surface area contributed by atoms with Gasteiger partial charge in [-0.3, -0.25) is 9.36 Å². The van der Waals surface area contributed by atoms with Crippen LogP contribution in [-0.2, 0) is 24.8 Å². The van der Waals surface area contributed by atoms with E-state index in [4.69, 9.17) is 14.6 Å². The molecule has 1 aromatic carbocycles. The van der Waals surface area contributed by atoms with Crippen molar-refractivity contribution in [1.82, 2.24) is 14.3 Å². The van der Waals surface area contributed by atoms with Gasteiger partial charge in [0.05, 0.1) is 6.61 Å². The molecule has 12 heteroatoms. The molecule has 188 valence electrons. The molecule has 2 rings (SSSR count). The SMILES string of the molecule is Cn1c(=O)c(OCCCCc2ccc(OC(C)(C)C(=O)O)cc2)nn(CCCC(F)(F)F)c1=O. The first-order valence-corrected chi connectivity index (χ1v) is 10.7. The third-order valence-corrected chi connectivity index (χ3v) is 4.95. The van der Waals surface area contributed by atoms with Crippen molar-refractivity contribution in [1.29, 1.82) is 0 Å². The highest BCUT2D eigenvalue weighted by Gasteiger charge is 2.29. The summed E-state index contributed by atoms with van der Waals surface area (Å²) in [6.07, 6.45) is -3.80. The Hall–Kier alpha value is -3.31. The number of rotatable bonds is 12. The molecule has 9 nitrogen and oxygen atoms in total. The second kappa shape index (κ2) is 11.2. The number of hydrogen-bond acceptors (Lipinski definition) is 6. The van der Waals surface area contributed by atoms with E-state index in [0.717, 1.165) is 14.8 Å². The Kier molecular flexibility index (Phi) is 8.88. The average molecular weight is 487 g/mol. The van der Waals surface area contributed by atoms with Crippen molar-refractivity contribution in [2.75, 3.05) is 6.61 Å². The van der Waals surface area contributed by atoms with Gasteiger partial charge in [-0.05, 0) is 57.2 Å². The largest absolute Gasteiger partial charge is 0.478 e. The van der Waals surface area contributed by atoms with Crippen LogP contribution in [-0.4, -0.2) is 43.8 Å². The Morgan fingerprint density at radius 2 is 1.74 bits per heavy atom. The highest BCUT2D eigenvalue weighted by Crippen LogP contribution is 2.21. The van der Waals surface area contributed by atoms with Crippen molar-refractivity contribution >= 4 is 5.97 Å². The minimum absolute atomic E-state index is 0.136. The number of hydrogen-bond donors (Lipinski definition) is 1. The van der Waals surface area contributed by atoms with Gasteiger partial charge in [-0.25, -0.2) is 14.3 Å². The second-order valence-electron chi connectivity index (χ2n) is 8.26. The molecular formula is C22H28F3N3O6. The fourth-order valence-corrected chi connectivity index (χ4v) is 2.93. The molecule has 0 amide bonds. The van der Waals surface area contributed by atoms with E-state index in [-0.39, 0.29) is 25.5 Å². The number of aryl methyl sites for hydroxylation is 2. The Morgan fingerprint density at radius 3 is 2.32 bits per heavy atom. The number of unbranched alkanes of at least 4 members (excludes halogenated alkanes) is 1. The number of aromatic nitrogens is 3. The Bertz CT molecular complexity index is 1090. The topological polar surface area (TPSA) is 113 Å². The van der Waals surface area contributed by atoms with Crippen LogP contribution in [0.1, 0.15) is 45.1 Å². The zero-order chi connectivity index (χ0) is 25.5. The van der Waals surface area contributed by atoms with E-state index in [1.165, 1.54) is 20.9 Å². The highest BCUT2D eigenvalue weighted by atomic mass is 19.4. The Labute approximate surface area is 193 Å². The highest BCUT2D eigenvalue weighted by molar-refractivity contribution is 5.76. The summed E-state index contributed by atoms with van der Waals surface area (Å²) in [5.74, 6) is -0.971. The van der Waals surface area contributed by atoms with E-state index in [0.29, 0.717) is 25.0 Å². The zero-order valence-corrected chi connectivity index (χ0v) is 19.2. The summed E-state index contributed by atoms with van der Waals surface area (Å²) in [4.78, 5) is 35.4. The lowest BCUT2D eigenvalue weighted by molar-refractivity contribution is -0.152. The Morgan fingerprint density at radius 1 is 1.09 bits per heavy atom. The molecule has 0 aliphatic rings. The lowest BCUT2D eigenvalue weighted by atomic mass is 10.1. The zero-order valence-electron chi connectivity index (χ0n) is 19.2. The van der Waals surface area contributed by atoms with Gasteiger partial charge in [0, 0.05) is 20.0 Å². The van der Waals surface area contributed by atoms with Gasteiger partial charge >= 0.3 is 23.4 Å². The first-order chi connectivity index (χ1) is 15.8. The maximum absolute atomic E-state index is 12.3. The number of halogens is 3. The van der Waals surface area contributed by atoms with E-state index in [9.17, 15) is 27.6 Å². The molecule has 0 aliphatic carbocycles. The van der Waals surface area contributed by atoms with Crippen LogP contribution in [0.5, 0.6) is 11.6 Å². The molecule has 0 saturated carbocycles. The van der Waals surface area contributed by atoms with E-state index in [2.05, 4.69) is 5.10 Å². The average Bonchev–Trinajstić information content (AvgIpc) is 2.74. The number of alkyl halides is 3. The van der Waals surface area contributed by atoms with Gasteiger partial charge < -0.3 is 14.6 Å². The standard InChI is InChI=1S/C22H28F3N3O6/c1-21(2,19(30)31)34-16-10-8-15(9-11-16)7-4-5-14-33-17-18(29)27(3)20(32)28(26-17)13-6-12-22(23,24)25/h8-11H,4-7,12-14H2,1-3H3,(H,30,31). The summed E-state index contributed by atoms with van der Waals surface area (Å²) < 4.78 is 49.4. The third kappa shape index (κ3) is 7.92. The molecule has 34 heavy (non-hydrogen) atoms. The van der Waals surface area contributed by atoms with Gasteiger partial charge in [0.2, 0.25) is 0 Å². The predicted octanol–water partition coefficient (Wildman–Crippen LogP) is 2.93. The molecule has 0 bridgehead atoms. The van der Waals surface area contributed by atoms with Crippen LogP contribution in [0.25, 0.3) is 0 Å². The molecule has 0 spiro atoms. The second-order valence-corrected chi connectivity index (χ2v) is 8.26. The summed E-state index contributed by atoms with van der Waals surface area (Å²) in [6.45, 7) is 2.77. The summed E-state index contributed by atoms with van der Waals surface area (Å²) in [5.41, 5.74) is -1.91. The lowest BCUT2D eigenvalue weighted by Crippen LogP contribution is -2.40. The van der Waals surface area contributed by atoms with E-state index >= 15 is 0 Å². The molecule has 1 heterocycles. The number of carboxylic acids is 1. The molecule has 0 saturated heterocycles. The smallest absolute Gasteiger partial charge is 0.389 e. The minimum Gasteiger partial charge on any atom is -0.478 e. The van der Waals surface area contributed by atoms with Crippen LogP contribution in [0.4, 0.5) is 13.2 Å². The number of benzene rings is 1. The van der Waals surface area contributed by atoms with Crippen molar-refractivity contribution < 1.29 is 32.5 Å². The minimum atomic E-state index is -4.34. The van der Waals surface area contributed by atoms with Crippen LogP contribution in [0.2, 0.25) is 0 Å². The maximum Gasteiger partial charge on any atom is 0.389 e. The number of carboxylic acid groups (broad SMARTS) is 1. The Balaban J connectivity index is 1.86. The van der Waals surface area contributed by atoms with Crippen LogP contribution in [0.3, 0.4) is 0 Å². The first-order valence-electron chi connectivity index (χ1n) is 10.7. The molecule has 2 aromatic rings. The van der Waals surface area contributed by atoms with Crippen molar-refractivity contribution in [2.45, 2.75) is 64.3 Å². The molecule has 0 atom stereocenters. The fourth-order valence-electron chi connectivity index (χ4n) is 2.93. The summed E-state index contributed by atoms with van der Waals surface area (Å²) in [6, 6.07) is 7.02. The summed E-state index contributed by atoms with van der Waals surface area (Å²) in [7, 11) is 1.21. The van der Waals surface area contributed by atoms with Crippen LogP contribution in [0, 0.1) is 0 Å². The van der Waals surface area contributed by atoms with Gasteiger partial charge in [0.25, 0.3) is 5.88 Å². The number of carbonyl (C=O) groups is 1. The van der Waals surface area contributed by atoms with Gasteiger partial charge in [0.1, 0.15) is 5.75 Å². The van der Waals surface area contributed by atoms with Gasteiger partial charge in [-0.2, -0.15) is 13.2 Å². The molecular weight excluding hydrogens is 459 g/mol. The molecule has 1 N–H and O–H groups in total. The maximum atomic E-state index is 12.3. The molecule has 0 fully saturated rings. The predicted molar refractivity (Wildman–Crippen MR) is 116 cm³/mol. The van der Waals surface area contributed by atoms with Gasteiger partial charge in [-0.15, -0.1) is 5.10 Å². The number of nitrogens with zero attached hydrogens (tertiary/aromatic N) is 3. The lowest BCUT2D eigenvalue weighted by Gasteiger charge is -2.21. The first kappa shape index (κ1) is 26.9. The number of aliphatic carboxylic acids is 1.